The molecule has 5 rings (SSSR count). The molecular weight excluding hydrogens is 526 g/mol. The molecule has 0 atom stereocenters. The molecular formula is C31H23N3O5S. The van der Waals surface area contributed by atoms with Crippen LogP contribution >= 0.6 is 11.8 Å². The topological polar surface area (TPSA) is 109 Å². The molecule has 0 spiro atoms. The number of ether oxygens (including phenoxy) is 2. The Labute approximate surface area is 234 Å². The van der Waals surface area contributed by atoms with Gasteiger partial charge in [0.25, 0.3) is 11.1 Å². The summed E-state index contributed by atoms with van der Waals surface area (Å²) in [6.45, 7) is -0.218. The molecule has 0 aromatic heterocycles. The highest BCUT2D eigenvalue weighted by atomic mass is 32.2. The lowest BCUT2D eigenvalue weighted by molar-refractivity contribution is -0.127. The molecule has 0 saturated carbocycles. The zero-order valence-corrected chi connectivity index (χ0v) is 22.2. The van der Waals surface area contributed by atoms with Gasteiger partial charge in [-0.15, -0.1) is 0 Å². The van der Waals surface area contributed by atoms with Gasteiger partial charge in [0.15, 0.2) is 11.5 Å². The van der Waals surface area contributed by atoms with E-state index in [1.807, 2.05) is 48.5 Å². The van der Waals surface area contributed by atoms with Gasteiger partial charge < -0.3 is 14.8 Å². The molecule has 8 nitrogen and oxygen atoms in total. The Hall–Kier alpha value is -5.07. The Morgan fingerprint density at radius 2 is 1.77 bits per heavy atom. The van der Waals surface area contributed by atoms with Gasteiger partial charge in [-0.05, 0) is 53.1 Å². The summed E-state index contributed by atoms with van der Waals surface area (Å²) in [5.74, 6) is -0.126. The van der Waals surface area contributed by atoms with Gasteiger partial charge in [0, 0.05) is 16.6 Å². The molecule has 1 aliphatic rings. The maximum atomic E-state index is 13.0. The third kappa shape index (κ3) is 5.67. The number of amides is 3. The van der Waals surface area contributed by atoms with Crippen molar-refractivity contribution in [1.29, 1.82) is 5.26 Å². The molecule has 1 heterocycles. The summed E-state index contributed by atoms with van der Waals surface area (Å²) >= 11 is 0.773. The zero-order chi connectivity index (χ0) is 28.1. The first-order chi connectivity index (χ1) is 19.5. The van der Waals surface area contributed by atoms with E-state index in [-0.39, 0.29) is 11.5 Å². The minimum atomic E-state index is -0.546. The monoisotopic (exact) mass is 549 g/mol. The fourth-order valence-corrected chi connectivity index (χ4v) is 5.10. The van der Waals surface area contributed by atoms with Crippen LogP contribution in [0.15, 0.2) is 89.8 Å². The summed E-state index contributed by atoms with van der Waals surface area (Å²) in [7, 11) is 1.50. The maximum absolute atomic E-state index is 13.0. The molecule has 0 unspecified atom stereocenters. The van der Waals surface area contributed by atoms with Crippen LogP contribution in [0, 0.1) is 11.3 Å². The highest BCUT2D eigenvalue weighted by Crippen LogP contribution is 2.35. The van der Waals surface area contributed by atoms with Crippen LogP contribution in [0.5, 0.6) is 11.5 Å². The van der Waals surface area contributed by atoms with Crippen LogP contribution in [-0.2, 0) is 16.2 Å². The summed E-state index contributed by atoms with van der Waals surface area (Å²) in [4.78, 5) is 39.5. The van der Waals surface area contributed by atoms with Crippen LogP contribution in [0.1, 0.15) is 16.7 Å². The maximum Gasteiger partial charge on any atom is 0.294 e. The Bertz CT molecular complexity index is 1700. The molecule has 4 aromatic carbocycles. The normalized spacial score (nSPS) is 13.9. The number of carbonyl (C=O) groups excluding carboxylic acids is 3. The van der Waals surface area contributed by atoms with Crippen molar-refractivity contribution in [2.75, 3.05) is 19.0 Å². The van der Waals surface area contributed by atoms with Crippen LogP contribution < -0.4 is 14.8 Å². The van der Waals surface area contributed by atoms with E-state index in [2.05, 4.69) is 11.4 Å². The van der Waals surface area contributed by atoms with Crippen molar-refractivity contribution in [2.24, 2.45) is 0 Å². The van der Waals surface area contributed by atoms with E-state index in [0.717, 1.165) is 33.0 Å². The van der Waals surface area contributed by atoms with Gasteiger partial charge >= 0.3 is 0 Å². The summed E-state index contributed by atoms with van der Waals surface area (Å²) in [6.07, 6.45) is 1.57. The standard InChI is InChI=1S/C31H23N3O5S/c1-38-27-15-20(13-14-26(27)39-19-23-9-3-2-8-22(23)17-32)16-28-30(36)34(31(37)40-28)18-29(35)33-25-12-6-10-21-7-4-5-11-24(21)25/h2-16H,18-19H2,1H3,(H,33,35)/b28-16-. The van der Waals surface area contributed by atoms with Crippen LogP contribution in [0.25, 0.3) is 16.8 Å². The molecule has 1 aliphatic heterocycles. The number of hydrogen-bond acceptors (Lipinski definition) is 7. The van der Waals surface area contributed by atoms with E-state index in [4.69, 9.17) is 9.47 Å². The predicted molar refractivity (Wildman–Crippen MR) is 154 cm³/mol. The summed E-state index contributed by atoms with van der Waals surface area (Å²) in [5.41, 5.74) is 2.50. The van der Waals surface area contributed by atoms with E-state index in [0.29, 0.717) is 28.3 Å². The molecule has 1 saturated heterocycles. The molecule has 0 aliphatic carbocycles. The lowest BCUT2D eigenvalue weighted by Crippen LogP contribution is -2.36. The molecule has 1 N–H and O–H groups in total. The Morgan fingerprint density at radius 3 is 2.60 bits per heavy atom. The number of nitriles is 1. The summed E-state index contributed by atoms with van der Waals surface area (Å²) < 4.78 is 11.3. The molecule has 40 heavy (non-hydrogen) atoms. The Morgan fingerprint density at radius 1 is 1.00 bits per heavy atom. The van der Waals surface area contributed by atoms with Gasteiger partial charge in [-0.2, -0.15) is 5.26 Å². The fraction of sp³-hybridized carbons (Fsp3) is 0.0968. The second-order valence-electron chi connectivity index (χ2n) is 8.81. The van der Waals surface area contributed by atoms with E-state index in [9.17, 15) is 19.6 Å². The third-order valence-electron chi connectivity index (χ3n) is 6.25. The number of anilines is 1. The second-order valence-corrected chi connectivity index (χ2v) is 9.80. The summed E-state index contributed by atoms with van der Waals surface area (Å²) in [5, 5.41) is 13.4. The lowest BCUT2D eigenvalue weighted by atomic mass is 10.1. The van der Waals surface area contributed by atoms with Gasteiger partial charge in [-0.25, -0.2) is 0 Å². The molecule has 198 valence electrons. The smallest absolute Gasteiger partial charge is 0.294 e. The molecule has 1 fully saturated rings. The highest BCUT2D eigenvalue weighted by molar-refractivity contribution is 8.18. The largest absolute Gasteiger partial charge is 0.493 e. The SMILES string of the molecule is COc1cc(/C=C2\SC(=O)N(CC(=O)Nc3cccc4ccccc34)C2=O)ccc1OCc1ccccc1C#N. The minimum Gasteiger partial charge on any atom is -0.493 e. The first-order valence-electron chi connectivity index (χ1n) is 12.3. The summed E-state index contributed by atoms with van der Waals surface area (Å²) in [6, 6.07) is 27.6. The van der Waals surface area contributed by atoms with Crippen molar-refractivity contribution in [3.05, 3.63) is 107 Å². The average molecular weight is 550 g/mol. The van der Waals surface area contributed by atoms with E-state index >= 15 is 0 Å². The van der Waals surface area contributed by atoms with Crippen LogP contribution in [0.4, 0.5) is 10.5 Å². The number of rotatable bonds is 8. The molecule has 0 bridgehead atoms. The van der Waals surface area contributed by atoms with Crippen molar-refractivity contribution in [3.63, 3.8) is 0 Å². The highest BCUT2D eigenvalue weighted by Gasteiger charge is 2.36. The first-order valence-corrected chi connectivity index (χ1v) is 13.1. The lowest BCUT2D eigenvalue weighted by Gasteiger charge is -2.14. The molecule has 4 aromatic rings. The number of nitrogens with zero attached hydrogens (tertiary/aromatic N) is 2. The number of nitrogens with one attached hydrogen (secondary N) is 1. The van der Waals surface area contributed by atoms with E-state index in [1.54, 1.807) is 42.5 Å². The predicted octanol–water partition coefficient (Wildman–Crippen LogP) is 5.97. The Balaban J connectivity index is 1.27. The fourth-order valence-electron chi connectivity index (χ4n) is 4.26. The van der Waals surface area contributed by atoms with Gasteiger partial charge in [0.05, 0.1) is 23.6 Å². The van der Waals surface area contributed by atoms with E-state index < -0.39 is 23.6 Å². The number of methoxy groups -OCH3 is 1. The number of benzene rings is 4. The van der Waals surface area contributed by atoms with Crippen molar-refractivity contribution >= 4 is 51.4 Å². The Kier molecular flexibility index (Phi) is 7.80. The molecule has 0 radical (unpaired) electrons. The number of carbonyl (C=O) groups is 3. The quantitative estimate of drug-likeness (QED) is 0.270. The van der Waals surface area contributed by atoms with Crippen molar-refractivity contribution in [3.8, 4) is 17.6 Å². The van der Waals surface area contributed by atoms with Gasteiger partial charge in [0.2, 0.25) is 5.91 Å². The van der Waals surface area contributed by atoms with Crippen LogP contribution in [-0.4, -0.2) is 35.6 Å². The number of thioether (sulfide) groups is 1. The van der Waals surface area contributed by atoms with Crippen LogP contribution in [0.3, 0.4) is 0 Å². The number of imide groups is 1. The van der Waals surface area contributed by atoms with Crippen LogP contribution in [0.2, 0.25) is 0 Å². The van der Waals surface area contributed by atoms with Gasteiger partial charge in [-0.3, -0.25) is 19.3 Å². The third-order valence-corrected chi connectivity index (χ3v) is 7.15. The average Bonchev–Trinajstić information content (AvgIpc) is 3.23. The van der Waals surface area contributed by atoms with Crippen molar-refractivity contribution < 1.29 is 23.9 Å². The van der Waals surface area contributed by atoms with E-state index in [1.165, 1.54) is 7.11 Å². The van der Waals surface area contributed by atoms with Crippen molar-refractivity contribution in [2.45, 2.75) is 6.61 Å². The number of fused-ring (bicyclic) bond motifs is 1. The molecule has 9 heteroatoms. The van der Waals surface area contributed by atoms with Crippen molar-refractivity contribution in [1.82, 2.24) is 4.90 Å². The zero-order valence-electron chi connectivity index (χ0n) is 21.4. The molecule has 3 amide bonds. The van der Waals surface area contributed by atoms with Gasteiger partial charge in [-0.1, -0.05) is 60.7 Å². The minimum absolute atomic E-state index is 0.180. The second kappa shape index (κ2) is 11.8. The van der Waals surface area contributed by atoms with Gasteiger partial charge in [0.1, 0.15) is 13.2 Å². The first kappa shape index (κ1) is 26.5. The number of hydrogen-bond donors (Lipinski definition) is 1.